The Hall–Kier alpha value is -1.24. The van der Waals surface area contributed by atoms with Crippen molar-refractivity contribution in [2.45, 2.75) is 30.2 Å². The van der Waals surface area contributed by atoms with Gasteiger partial charge in [0.05, 0.1) is 26.1 Å². The molecule has 0 aromatic heterocycles. The molecule has 0 heterocycles. The minimum absolute atomic E-state index is 0. The summed E-state index contributed by atoms with van der Waals surface area (Å²) >= 11 is 1.65. The number of carbonyl (C=O) groups excluding carboxylic acids is 2. The highest BCUT2D eigenvalue weighted by Crippen LogP contribution is 2.27. The molecule has 2 rings (SSSR count). The van der Waals surface area contributed by atoms with Gasteiger partial charge in [0.15, 0.2) is 0 Å². The molecule has 0 aliphatic heterocycles. The van der Waals surface area contributed by atoms with E-state index >= 15 is 0 Å². The molecular formula is C17H25ClN2O3S. The molecule has 7 heteroatoms. The minimum Gasteiger partial charge on any atom is -0.469 e. The number of nitrogens with one attached hydrogen (secondary N) is 2. The second-order valence-electron chi connectivity index (χ2n) is 5.75. The first-order valence-corrected chi connectivity index (χ1v) is 9.05. The lowest BCUT2D eigenvalue weighted by Gasteiger charge is -2.19. The SMILES string of the molecule is COC(=O)CC(NC(=O)CNCC1CC1)c1ccc(SC)cc1.Cl. The lowest BCUT2D eigenvalue weighted by molar-refractivity contribution is -0.141. The Balaban J connectivity index is 0.00000288. The molecule has 2 N–H and O–H groups in total. The Morgan fingerprint density at radius 2 is 1.96 bits per heavy atom. The van der Waals surface area contributed by atoms with Gasteiger partial charge in [-0.05, 0) is 49.3 Å². The fraction of sp³-hybridized carbons (Fsp3) is 0.529. The summed E-state index contributed by atoms with van der Waals surface area (Å²) in [6.45, 7) is 1.16. The maximum atomic E-state index is 12.1. The van der Waals surface area contributed by atoms with E-state index in [0.717, 1.165) is 22.9 Å². The molecule has 1 aromatic carbocycles. The third kappa shape index (κ3) is 7.11. The molecule has 0 radical (unpaired) electrons. The molecule has 1 saturated carbocycles. The highest BCUT2D eigenvalue weighted by molar-refractivity contribution is 7.98. The summed E-state index contributed by atoms with van der Waals surface area (Å²) in [6, 6.07) is 7.49. The second-order valence-corrected chi connectivity index (χ2v) is 6.63. The van der Waals surface area contributed by atoms with Crippen molar-refractivity contribution in [2.75, 3.05) is 26.5 Å². The molecule has 0 saturated heterocycles. The Morgan fingerprint density at radius 3 is 2.50 bits per heavy atom. The molecule has 1 atom stereocenters. The first-order valence-electron chi connectivity index (χ1n) is 7.83. The number of ether oxygens (including phenoxy) is 1. The third-order valence-corrected chi connectivity index (χ3v) is 4.61. The molecule has 1 amide bonds. The van der Waals surface area contributed by atoms with Crippen LogP contribution in [0.4, 0.5) is 0 Å². The van der Waals surface area contributed by atoms with E-state index in [1.807, 2.05) is 30.5 Å². The zero-order chi connectivity index (χ0) is 16.7. The van der Waals surface area contributed by atoms with E-state index in [1.165, 1.54) is 20.0 Å². The van der Waals surface area contributed by atoms with Crippen LogP contribution in [0.1, 0.15) is 30.9 Å². The predicted octanol–water partition coefficient (Wildman–Crippen LogP) is 2.55. The number of amides is 1. The monoisotopic (exact) mass is 372 g/mol. The Labute approximate surface area is 153 Å². The smallest absolute Gasteiger partial charge is 0.307 e. The van der Waals surface area contributed by atoms with E-state index in [2.05, 4.69) is 10.6 Å². The standard InChI is InChI=1S/C17H24N2O3S.ClH/c1-22-17(21)9-15(13-5-7-14(23-2)8-6-13)19-16(20)11-18-10-12-3-4-12;/h5-8,12,15,18H,3-4,9-11H2,1-2H3,(H,19,20);1H. The molecular weight excluding hydrogens is 348 g/mol. The van der Waals surface area contributed by atoms with Gasteiger partial charge in [0, 0.05) is 4.90 Å². The minimum atomic E-state index is -0.367. The Morgan fingerprint density at radius 1 is 1.29 bits per heavy atom. The molecule has 24 heavy (non-hydrogen) atoms. The molecule has 134 valence electrons. The summed E-state index contributed by atoms with van der Waals surface area (Å²) in [6.07, 6.45) is 4.64. The lowest BCUT2D eigenvalue weighted by atomic mass is 10.0. The first-order chi connectivity index (χ1) is 11.1. The van der Waals surface area contributed by atoms with Crippen molar-refractivity contribution in [1.29, 1.82) is 0 Å². The number of rotatable bonds is 9. The fourth-order valence-electron chi connectivity index (χ4n) is 2.30. The zero-order valence-corrected chi connectivity index (χ0v) is 15.7. The second kappa shape index (κ2) is 10.6. The van der Waals surface area contributed by atoms with E-state index in [4.69, 9.17) is 4.74 Å². The average Bonchev–Trinajstić information content (AvgIpc) is 3.38. The molecule has 1 aromatic rings. The maximum Gasteiger partial charge on any atom is 0.307 e. The van der Waals surface area contributed by atoms with Crippen LogP contribution in [0.25, 0.3) is 0 Å². The van der Waals surface area contributed by atoms with Gasteiger partial charge in [0.1, 0.15) is 0 Å². The van der Waals surface area contributed by atoms with E-state index in [-0.39, 0.29) is 43.3 Å². The van der Waals surface area contributed by atoms with Crippen molar-refractivity contribution < 1.29 is 14.3 Å². The van der Waals surface area contributed by atoms with Crippen LogP contribution in [0.15, 0.2) is 29.2 Å². The predicted molar refractivity (Wildman–Crippen MR) is 98.6 cm³/mol. The van der Waals surface area contributed by atoms with E-state index in [1.54, 1.807) is 11.8 Å². The highest BCUT2D eigenvalue weighted by Gasteiger charge is 2.22. The van der Waals surface area contributed by atoms with Crippen molar-refractivity contribution in [2.24, 2.45) is 5.92 Å². The van der Waals surface area contributed by atoms with Gasteiger partial charge < -0.3 is 15.4 Å². The number of thioether (sulfide) groups is 1. The van der Waals surface area contributed by atoms with Gasteiger partial charge in [-0.2, -0.15) is 0 Å². The van der Waals surface area contributed by atoms with Crippen molar-refractivity contribution >= 4 is 36.0 Å². The van der Waals surface area contributed by atoms with Crippen LogP contribution >= 0.6 is 24.2 Å². The number of carbonyl (C=O) groups is 2. The van der Waals surface area contributed by atoms with Gasteiger partial charge in [-0.3, -0.25) is 9.59 Å². The van der Waals surface area contributed by atoms with Crippen LogP contribution in [0, 0.1) is 5.92 Å². The van der Waals surface area contributed by atoms with Crippen LogP contribution in [-0.2, 0) is 14.3 Å². The number of esters is 1. The largest absolute Gasteiger partial charge is 0.469 e. The number of benzene rings is 1. The third-order valence-electron chi connectivity index (χ3n) is 3.87. The summed E-state index contributed by atoms with van der Waals surface area (Å²) in [5.74, 6) is 0.288. The van der Waals surface area contributed by atoms with Gasteiger partial charge >= 0.3 is 5.97 Å². The van der Waals surface area contributed by atoms with Crippen LogP contribution in [0.3, 0.4) is 0 Å². The number of hydrogen-bond acceptors (Lipinski definition) is 5. The van der Waals surface area contributed by atoms with Gasteiger partial charge in [0.2, 0.25) is 5.91 Å². The van der Waals surface area contributed by atoms with Gasteiger partial charge in [-0.1, -0.05) is 12.1 Å². The van der Waals surface area contributed by atoms with E-state index in [9.17, 15) is 9.59 Å². The topological polar surface area (TPSA) is 67.4 Å². The summed E-state index contributed by atoms with van der Waals surface area (Å²) in [7, 11) is 1.36. The van der Waals surface area contributed by atoms with Crippen molar-refractivity contribution in [3.05, 3.63) is 29.8 Å². The molecule has 0 spiro atoms. The van der Waals surface area contributed by atoms with Crippen LogP contribution in [0.2, 0.25) is 0 Å². The van der Waals surface area contributed by atoms with Gasteiger partial charge in [-0.15, -0.1) is 24.2 Å². The molecule has 1 unspecified atom stereocenters. The van der Waals surface area contributed by atoms with Crippen molar-refractivity contribution in [1.82, 2.24) is 10.6 Å². The molecule has 1 aliphatic carbocycles. The fourth-order valence-corrected chi connectivity index (χ4v) is 2.70. The van der Waals surface area contributed by atoms with E-state index in [0.29, 0.717) is 0 Å². The van der Waals surface area contributed by atoms with E-state index < -0.39 is 0 Å². The molecule has 1 aliphatic rings. The lowest BCUT2D eigenvalue weighted by Crippen LogP contribution is -2.37. The van der Waals surface area contributed by atoms with Crippen molar-refractivity contribution in [3.63, 3.8) is 0 Å². The Bertz CT molecular complexity index is 535. The molecule has 1 fully saturated rings. The van der Waals surface area contributed by atoms with Crippen LogP contribution in [0.5, 0.6) is 0 Å². The number of methoxy groups -OCH3 is 1. The number of hydrogen-bond donors (Lipinski definition) is 2. The normalized spacial score (nSPS) is 14.4. The zero-order valence-electron chi connectivity index (χ0n) is 14.0. The highest BCUT2D eigenvalue weighted by atomic mass is 35.5. The van der Waals surface area contributed by atoms with Crippen molar-refractivity contribution in [3.8, 4) is 0 Å². The quantitative estimate of drug-likeness (QED) is 0.515. The molecule has 0 bridgehead atoms. The van der Waals surface area contributed by atoms with Crippen LogP contribution in [-0.4, -0.2) is 38.3 Å². The average molecular weight is 373 g/mol. The molecule has 5 nitrogen and oxygen atoms in total. The summed E-state index contributed by atoms with van der Waals surface area (Å²) in [5.41, 5.74) is 0.906. The van der Waals surface area contributed by atoms with Gasteiger partial charge in [-0.25, -0.2) is 0 Å². The number of halogens is 1. The Kier molecular flexibility index (Phi) is 9.18. The maximum absolute atomic E-state index is 12.1. The van der Waals surface area contributed by atoms with Gasteiger partial charge in [0.25, 0.3) is 0 Å². The van der Waals surface area contributed by atoms with Crippen LogP contribution < -0.4 is 10.6 Å². The summed E-state index contributed by atoms with van der Waals surface area (Å²) in [5, 5.41) is 6.08. The summed E-state index contributed by atoms with van der Waals surface area (Å²) < 4.78 is 4.74. The first kappa shape index (κ1) is 20.8. The summed E-state index contributed by atoms with van der Waals surface area (Å²) in [4.78, 5) is 24.9.